The van der Waals surface area contributed by atoms with Gasteiger partial charge in [0.25, 0.3) is 0 Å². The molecule has 0 heterocycles. The molecule has 2 aromatic rings. The Morgan fingerprint density at radius 2 is 1.95 bits per heavy atom. The van der Waals surface area contributed by atoms with Gasteiger partial charge in [0.1, 0.15) is 11.3 Å². The maximum Gasteiger partial charge on any atom is 0.339 e. The molecule has 3 nitrogen and oxygen atoms in total. The highest BCUT2D eigenvalue weighted by atomic mass is 19.1. The smallest absolute Gasteiger partial charge is 0.339 e. The molecule has 0 saturated carbocycles. The van der Waals surface area contributed by atoms with E-state index in [0.29, 0.717) is 5.75 Å². The molecular formula is C16H13FO3. The first-order chi connectivity index (χ1) is 9.63. The van der Waals surface area contributed by atoms with Crippen LogP contribution in [-0.2, 0) is 0 Å². The maximum atomic E-state index is 13.8. The summed E-state index contributed by atoms with van der Waals surface area (Å²) < 4.78 is 19.3. The fourth-order valence-electron chi connectivity index (χ4n) is 1.78. The summed E-state index contributed by atoms with van der Waals surface area (Å²) in [7, 11) is 0. The Hall–Kier alpha value is -2.62. The minimum absolute atomic E-state index is 0.208. The summed E-state index contributed by atoms with van der Waals surface area (Å²) in [6.45, 7) is 1.85. The molecule has 0 unspecified atom stereocenters. The summed E-state index contributed by atoms with van der Waals surface area (Å²) in [6, 6.07) is 10.8. The minimum Gasteiger partial charge on any atom is -0.478 e. The van der Waals surface area contributed by atoms with Crippen molar-refractivity contribution < 1.29 is 19.0 Å². The normalized spacial score (nSPS) is 10.7. The molecule has 0 spiro atoms. The van der Waals surface area contributed by atoms with Crippen molar-refractivity contribution >= 4 is 12.0 Å². The van der Waals surface area contributed by atoms with E-state index in [1.54, 1.807) is 24.3 Å². The Morgan fingerprint density at radius 3 is 2.65 bits per heavy atom. The van der Waals surface area contributed by atoms with E-state index >= 15 is 0 Å². The summed E-state index contributed by atoms with van der Waals surface area (Å²) in [5, 5.41) is 9.08. The second-order valence-corrected chi connectivity index (χ2v) is 4.06. The van der Waals surface area contributed by atoms with Gasteiger partial charge < -0.3 is 9.84 Å². The Bertz CT molecular complexity index is 663. The lowest BCUT2D eigenvalue weighted by Gasteiger charge is -2.11. The van der Waals surface area contributed by atoms with E-state index in [9.17, 15) is 9.18 Å². The molecule has 2 rings (SSSR count). The van der Waals surface area contributed by atoms with Crippen molar-refractivity contribution in [3.05, 3.63) is 65.5 Å². The first-order valence-corrected chi connectivity index (χ1v) is 6.05. The third-order valence-electron chi connectivity index (χ3n) is 2.67. The average molecular weight is 272 g/mol. The fraction of sp³-hybridized carbons (Fsp3) is 0.0625. The van der Waals surface area contributed by atoms with Crippen LogP contribution < -0.4 is 4.74 Å². The zero-order valence-corrected chi connectivity index (χ0v) is 10.8. The van der Waals surface area contributed by atoms with Gasteiger partial charge in [-0.15, -0.1) is 0 Å². The molecule has 0 amide bonds. The van der Waals surface area contributed by atoms with E-state index in [0.717, 1.165) is 5.56 Å². The fourth-order valence-corrected chi connectivity index (χ4v) is 1.78. The van der Waals surface area contributed by atoms with Crippen LogP contribution in [0.15, 0.2) is 48.5 Å². The predicted molar refractivity (Wildman–Crippen MR) is 74.6 cm³/mol. The molecule has 0 aromatic heterocycles. The first-order valence-electron chi connectivity index (χ1n) is 6.05. The number of ether oxygens (including phenoxy) is 1. The van der Waals surface area contributed by atoms with Gasteiger partial charge in [-0.2, -0.15) is 0 Å². The van der Waals surface area contributed by atoms with Crippen molar-refractivity contribution in [2.24, 2.45) is 0 Å². The Kier molecular flexibility index (Phi) is 4.15. The molecule has 0 atom stereocenters. The highest BCUT2D eigenvalue weighted by molar-refractivity contribution is 5.91. The summed E-state index contributed by atoms with van der Waals surface area (Å²) in [5.41, 5.74) is 0.537. The van der Waals surface area contributed by atoms with E-state index in [1.165, 1.54) is 18.2 Å². The van der Waals surface area contributed by atoms with Crippen LogP contribution in [0.1, 0.15) is 22.8 Å². The van der Waals surface area contributed by atoms with E-state index < -0.39 is 11.8 Å². The summed E-state index contributed by atoms with van der Waals surface area (Å²) >= 11 is 0. The van der Waals surface area contributed by atoms with Gasteiger partial charge in [-0.05, 0) is 25.1 Å². The van der Waals surface area contributed by atoms with E-state index in [4.69, 9.17) is 9.84 Å². The van der Waals surface area contributed by atoms with Gasteiger partial charge in [0.05, 0.1) is 0 Å². The first kappa shape index (κ1) is 13.8. The number of carbonyl (C=O) groups is 1. The molecule has 2 aromatic carbocycles. The quantitative estimate of drug-likeness (QED) is 0.900. The van der Waals surface area contributed by atoms with Crippen molar-refractivity contribution in [1.29, 1.82) is 0 Å². The monoisotopic (exact) mass is 272 g/mol. The van der Waals surface area contributed by atoms with E-state index in [2.05, 4.69) is 0 Å². The molecule has 0 aliphatic carbocycles. The third-order valence-corrected chi connectivity index (χ3v) is 2.67. The second-order valence-electron chi connectivity index (χ2n) is 4.06. The lowest BCUT2D eigenvalue weighted by atomic mass is 10.1. The van der Waals surface area contributed by atoms with Crippen LogP contribution in [0.5, 0.6) is 11.5 Å². The zero-order chi connectivity index (χ0) is 14.5. The van der Waals surface area contributed by atoms with Crippen LogP contribution in [0.25, 0.3) is 6.08 Å². The van der Waals surface area contributed by atoms with Crippen molar-refractivity contribution in [2.45, 2.75) is 6.92 Å². The van der Waals surface area contributed by atoms with Gasteiger partial charge >= 0.3 is 5.97 Å². The van der Waals surface area contributed by atoms with Gasteiger partial charge in [0, 0.05) is 5.56 Å². The van der Waals surface area contributed by atoms with Crippen molar-refractivity contribution in [2.75, 3.05) is 0 Å². The molecule has 1 N–H and O–H groups in total. The topological polar surface area (TPSA) is 46.5 Å². The number of carboxylic acids is 1. The molecule has 4 heteroatoms. The van der Waals surface area contributed by atoms with Gasteiger partial charge in [0.15, 0.2) is 11.6 Å². The lowest BCUT2D eigenvalue weighted by molar-refractivity contribution is 0.0693. The highest BCUT2D eigenvalue weighted by Crippen LogP contribution is 2.31. The molecule has 0 bridgehead atoms. The van der Waals surface area contributed by atoms with Crippen LogP contribution in [0.2, 0.25) is 0 Å². The number of hydrogen-bond acceptors (Lipinski definition) is 2. The Morgan fingerprint density at radius 1 is 1.20 bits per heavy atom. The van der Waals surface area contributed by atoms with Gasteiger partial charge in [-0.25, -0.2) is 9.18 Å². The van der Waals surface area contributed by atoms with Crippen LogP contribution in [0.4, 0.5) is 4.39 Å². The standard InChI is InChI=1S/C16H13FO3/c1-2-6-11-7-3-4-10-14(11)20-15-12(16(18)19)8-5-9-13(15)17/h2-10H,1H3,(H,18,19). The number of benzene rings is 2. The summed E-state index contributed by atoms with van der Waals surface area (Å²) in [5.74, 6) is -1.82. The van der Waals surface area contributed by atoms with E-state index in [1.807, 2.05) is 19.1 Å². The highest BCUT2D eigenvalue weighted by Gasteiger charge is 2.17. The molecule has 0 aliphatic rings. The molecule has 0 saturated heterocycles. The van der Waals surface area contributed by atoms with Crippen LogP contribution in [-0.4, -0.2) is 11.1 Å². The van der Waals surface area contributed by atoms with Gasteiger partial charge in [0.2, 0.25) is 0 Å². The van der Waals surface area contributed by atoms with Crippen LogP contribution in [0.3, 0.4) is 0 Å². The lowest BCUT2D eigenvalue weighted by Crippen LogP contribution is -2.02. The molecule has 0 fully saturated rings. The molecule has 0 aliphatic heterocycles. The van der Waals surface area contributed by atoms with Gasteiger partial charge in [-0.3, -0.25) is 0 Å². The van der Waals surface area contributed by atoms with Crippen LogP contribution >= 0.6 is 0 Å². The number of rotatable bonds is 4. The predicted octanol–water partition coefficient (Wildman–Crippen LogP) is 4.35. The van der Waals surface area contributed by atoms with Crippen molar-refractivity contribution in [3.8, 4) is 11.5 Å². The third kappa shape index (κ3) is 2.85. The number of carboxylic acid groups (broad SMARTS) is 1. The Labute approximate surface area is 115 Å². The number of para-hydroxylation sites is 2. The molecule has 20 heavy (non-hydrogen) atoms. The number of aromatic carboxylic acids is 1. The maximum absolute atomic E-state index is 13.8. The zero-order valence-electron chi connectivity index (χ0n) is 10.8. The summed E-state index contributed by atoms with van der Waals surface area (Å²) in [4.78, 5) is 11.1. The largest absolute Gasteiger partial charge is 0.478 e. The molecule has 102 valence electrons. The van der Waals surface area contributed by atoms with E-state index in [-0.39, 0.29) is 11.3 Å². The van der Waals surface area contributed by atoms with Gasteiger partial charge in [-0.1, -0.05) is 36.4 Å². The van der Waals surface area contributed by atoms with Crippen molar-refractivity contribution in [3.63, 3.8) is 0 Å². The van der Waals surface area contributed by atoms with Crippen LogP contribution in [0, 0.1) is 5.82 Å². The number of allylic oxidation sites excluding steroid dienone is 1. The minimum atomic E-state index is -1.23. The number of halogens is 1. The molecule has 0 radical (unpaired) electrons. The SMILES string of the molecule is CC=Cc1ccccc1Oc1c(F)cccc1C(=O)O. The van der Waals surface area contributed by atoms with Crippen molar-refractivity contribution in [1.82, 2.24) is 0 Å². The Balaban J connectivity index is 2.48. The number of hydrogen-bond donors (Lipinski definition) is 1. The average Bonchev–Trinajstić information content (AvgIpc) is 2.43. The molecular weight excluding hydrogens is 259 g/mol. The summed E-state index contributed by atoms with van der Waals surface area (Å²) in [6.07, 6.45) is 3.62. The second kappa shape index (κ2) is 6.02.